The minimum atomic E-state index is -3.53. The number of hydrogen-bond acceptors (Lipinski definition) is 4. The molecular formula is C8H9Cl3N2O2S. The van der Waals surface area contributed by atoms with Gasteiger partial charge >= 0.3 is 0 Å². The SMILES string of the molecule is CC(CCl)CS(=O)(=O)c1cc(Cl)nnc1Cl. The summed E-state index contributed by atoms with van der Waals surface area (Å²) < 4.78 is 23.8. The van der Waals surface area contributed by atoms with Crippen molar-refractivity contribution in [2.24, 2.45) is 5.92 Å². The topological polar surface area (TPSA) is 59.9 Å². The number of halogens is 3. The summed E-state index contributed by atoms with van der Waals surface area (Å²) in [6.07, 6.45) is 0. The second-order valence-electron chi connectivity index (χ2n) is 3.36. The van der Waals surface area contributed by atoms with Gasteiger partial charge in [0.1, 0.15) is 4.90 Å². The molecule has 1 aromatic rings. The van der Waals surface area contributed by atoms with Crippen LogP contribution in [0.4, 0.5) is 0 Å². The van der Waals surface area contributed by atoms with Crippen molar-refractivity contribution in [1.82, 2.24) is 10.2 Å². The van der Waals surface area contributed by atoms with Gasteiger partial charge in [0.15, 0.2) is 20.1 Å². The number of alkyl halides is 1. The van der Waals surface area contributed by atoms with Gasteiger partial charge in [0.2, 0.25) is 0 Å². The molecule has 0 fully saturated rings. The Kier molecular flexibility index (Phi) is 4.79. The standard InChI is InChI=1S/C8H9Cl3N2O2S/c1-5(3-9)4-16(14,15)6-2-7(10)12-13-8(6)11/h2,5H,3-4H2,1H3. The van der Waals surface area contributed by atoms with Crippen LogP contribution >= 0.6 is 34.8 Å². The van der Waals surface area contributed by atoms with Crippen molar-refractivity contribution >= 4 is 44.6 Å². The van der Waals surface area contributed by atoms with Crippen molar-refractivity contribution < 1.29 is 8.42 Å². The van der Waals surface area contributed by atoms with Crippen LogP contribution in [0.15, 0.2) is 11.0 Å². The number of nitrogens with zero attached hydrogens (tertiary/aromatic N) is 2. The molecule has 0 bridgehead atoms. The largest absolute Gasteiger partial charge is 0.224 e. The average Bonchev–Trinajstić information content (AvgIpc) is 2.20. The number of hydrogen-bond donors (Lipinski definition) is 0. The van der Waals surface area contributed by atoms with Crippen molar-refractivity contribution in [3.63, 3.8) is 0 Å². The van der Waals surface area contributed by atoms with E-state index in [0.29, 0.717) is 0 Å². The number of rotatable bonds is 4. The Morgan fingerprint density at radius 3 is 2.56 bits per heavy atom. The molecule has 4 nitrogen and oxygen atoms in total. The molecule has 0 aliphatic rings. The van der Waals surface area contributed by atoms with Gasteiger partial charge in [0.05, 0.1) is 5.75 Å². The van der Waals surface area contributed by atoms with E-state index in [1.807, 2.05) is 0 Å². The van der Waals surface area contributed by atoms with E-state index in [-0.39, 0.29) is 32.8 Å². The normalized spacial score (nSPS) is 13.8. The molecule has 90 valence electrons. The molecule has 0 saturated carbocycles. The Balaban J connectivity index is 3.12. The van der Waals surface area contributed by atoms with E-state index < -0.39 is 9.84 Å². The van der Waals surface area contributed by atoms with Crippen molar-refractivity contribution in [3.8, 4) is 0 Å². The Hall–Kier alpha value is -0.100. The summed E-state index contributed by atoms with van der Waals surface area (Å²) in [5.41, 5.74) is 0. The summed E-state index contributed by atoms with van der Waals surface area (Å²) in [7, 11) is -3.53. The third-order valence-electron chi connectivity index (χ3n) is 1.79. The first kappa shape index (κ1) is 14.0. The molecule has 1 unspecified atom stereocenters. The van der Waals surface area contributed by atoms with Gasteiger partial charge in [-0.15, -0.1) is 21.8 Å². The zero-order valence-corrected chi connectivity index (χ0v) is 11.4. The lowest BCUT2D eigenvalue weighted by molar-refractivity contribution is 0.582. The second kappa shape index (κ2) is 5.49. The molecule has 0 aliphatic carbocycles. The highest BCUT2D eigenvalue weighted by Gasteiger charge is 2.22. The maximum atomic E-state index is 11.9. The molecule has 0 amide bonds. The van der Waals surface area contributed by atoms with Gasteiger partial charge < -0.3 is 0 Å². The van der Waals surface area contributed by atoms with E-state index in [1.54, 1.807) is 6.92 Å². The zero-order valence-electron chi connectivity index (χ0n) is 8.32. The second-order valence-corrected chi connectivity index (χ2v) is 6.42. The number of aromatic nitrogens is 2. The van der Waals surface area contributed by atoms with E-state index in [4.69, 9.17) is 34.8 Å². The third kappa shape index (κ3) is 3.45. The van der Waals surface area contributed by atoms with Crippen LogP contribution in [0.25, 0.3) is 0 Å². The van der Waals surface area contributed by atoms with Gasteiger partial charge in [-0.05, 0) is 12.0 Å². The van der Waals surface area contributed by atoms with Crippen LogP contribution in [-0.4, -0.2) is 30.2 Å². The average molecular weight is 304 g/mol. The first-order valence-corrected chi connectivity index (χ1v) is 7.28. The molecule has 16 heavy (non-hydrogen) atoms. The van der Waals surface area contributed by atoms with Gasteiger partial charge in [-0.2, -0.15) is 0 Å². The Morgan fingerprint density at radius 2 is 2.00 bits per heavy atom. The molecule has 0 spiro atoms. The minimum Gasteiger partial charge on any atom is -0.224 e. The quantitative estimate of drug-likeness (QED) is 0.802. The third-order valence-corrected chi connectivity index (χ3v) is 4.88. The van der Waals surface area contributed by atoms with Crippen LogP contribution in [0, 0.1) is 5.92 Å². The first-order valence-electron chi connectivity index (χ1n) is 4.34. The fourth-order valence-corrected chi connectivity index (χ4v) is 3.59. The lowest BCUT2D eigenvalue weighted by atomic mass is 10.3. The van der Waals surface area contributed by atoms with E-state index >= 15 is 0 Å². The fraction of sp³-hybridized carbons (Fsp3) is 0.500. The monoisotopic (exact) mass is 302 g/mol. The Labute approximate surface area is 109 Å². The van der Waals surface area contributed by atoms with E-state index in [9.17, 15) is 8.42 Å². The van der Waals surface area contributed by atoms with E-state index in [1.165, 1.54) is 6.07 Å². The van der Waals surface area contributed by atoms with Crippen molar-refractivity contribution in [3.05, 3.63) is 16.4 Å². The van der Waals surface area contributed by atoms with E-state index in [2.05, 4.69) is 10.2 Å². The maximum Gasteiger partial charge on any atom is 0.181 e. The van der Waals surface area contributed by atoms with Gasteiger partial charge in [-0.25, -0.2) is 8.42 Å². The zero-order chi connectivity index (χ0) is 12.3. The predicted molar refractivity (Wildman–Crippen MR) is 64.0 cm³/mol. The Bertz CT molecular complexity index is 478. The van der Waals surface area contributed by atoms with E-state index in [0.717, 1.165) is 0 Å². The lowest BCUT2D eigenvalue weighted by Crippen LogP contribution is -2.16. The summed E-state index contributed by atoms with van der Waals surface area (Å²) in [4.78, 5) is -0.105. The highest BCUT2D eigenvalue weighted by atomic mass is 35.5. The highest BCUT2D eigenvalue weighted by molar-refractivity contribution is 7.91. The molecule has 0 N–H and O–H groups in total. The van der Waals surface area contributed by atoms with Gasteiger partial charge in [0.25, 0.3) is 0 Å². The van der Waals surface area contributed by atoms with Crippen molar-refractivity contribution in [2.45, 2.75) is 11.8 Å². The minimum absolute atomic E-state index is 0.0125. The van der Waals surface area contributed by atoms with Crippen LogP contribution in [0.5, 0.6) is 0 Å². The van der Waals surface area contributed by atoms with Gasteiger partial charge in [-0.1, -0.05) is 30.1 Å². The van der Waals surface area contributed by atoms with Gasteiger partial charge in [-0.3, -0.25) is 0 Å². The van der Waals surface area contributed by atoms with Crippen LogP contribution in [-0.2, 0) is 9.84 Å². The summed E-state index contributed by atoms with van der Waals surface area (Å²) in [6, 6.07) is 1.19. The summed E-state index contributed by atoms with van der Waals surface area (Å²) in [6.45, 7) is 1.73. The summed E-state index contributed by atoms with van der Waals surface area (Å²) >= 11 is 16.8. The molecule has 0 saturated heterocycles. The Morgan fingerprint density at radius 1 is 1.38 bits per heavy atom. The predicted octanol–water partition coefficient (Wildman–Crippen LogP) is 2.43. The van der Waals surface area contributed by atoms with Crippen LogP contribution < -0.4 is 0 Å². The van der Waals surface area contributed by atoms with Crippen LogP contribution in [0.2, 0.25) is 10.3 Å². The molecule has 1 rings (SSSR count). The summed E-state index contributed by atoms with van der Waals surface area (Å²) in [5, 5.41) is 6.71. The van der Waals surface area contributed by atoms with Crippen LogP contribution in [0.1, 0.15) is 6.92 Å². The maximum absolute atomic E-state index is 11.9. The lowest BCUT2D eigenvalue weighted by Gasteiger charge is -2.09. The first-order chi connectivity index (χ1) is 7.36. The molecule has 0 radical (unpaired) electrons. The molecule has 1 aromatic heterocycles. The van der Waals surface area contributed by atoms with Crippen molar-refractivity contribution in [2.75, 3.05) is 11.6 Å². The van der Waals surface area contributed by atoms with Crippen LogP contribution in [0.3, 0.4) is 0 Å². The molecule has 1 atom stereocenters. The fourth-order valence-electron chi connectivity index (χ4n) is 1.06. The highest BCUT2D eigenvalue weighted by Crippen LogP contribution is 2.23. The molecule has 0 aliphatic heterocycles. The molecular weight excluding hydrogens is 295 g/mol. The van der Waals surface area contributed by atoms with Crippen molar-refractivity contribution in [1.29, 1.82) is 0 Å². The molecule has 0 aromatic carbocycles. The smallest absolute Gasteiger partial charge is 0.181 e. The molecule has 8 heteroatoms. The summed E-state index contributed by atoms with van der Waals surface area (Å²) in [5.74, 6) is -0.0175. The van der Waals surface area contributed by atoms with Gasteiger partial charge in [0, 0.05) is 5.88 Å². The molecule has 1 heterocycles. The number of sulfone groups is 1.